The highest BCUT2D eigenvalue weighted by Crippen LogP contribution is 2.30. The largest absolute Gasteiger partial charge is 0.479 e. The third kappa shape index (κ3) is 3.35. The molecule has 6 heteroatoms. The molecule has 1 aliphatic heterocycles. The second-order valence-corrected chi connectivity index (χ2v) is 4.17. The Kier molecular flexibility index (Phi) is 5.11. The fourth-order valence-electron chi connectivity index (χ4n) is 1.61. The minimum absolute atomic E-state index is 0.0317. The summed E-state index contributed by atoms with van der Waals surface area (Å²) in [4.78, 5) is 28.7. The molecular weight excluding hydrogens is 250 g/mol. The second-order valence-electron chi connectivity index (χ2n) is 4.17. The van der Waals surface area contributed by atoms with E-state index >= 15 is 0 Å². The summed E-state index contributed by atoms with van der Waals surface area (Å²) in [6, 6.07) is 0. The van der Waals surface area contributed by atoms with Crippen LogP contribution in [0.25, 0.3) is 0 Å². The van der Waals surface area contributed by atoms with Crippen molar-refractivity contribution in [1.29, 1.82) is 0 Å². The van der Waals surface area contributed by atoms with Crippen molar-refractivity contribution in [3.63, 3.8) is 0 Å². The molecule has 1 rings (SSSR count). The van der Waals surface area contributed by atoms with Gasteiger partial charge >= 0.3 is 11.9 Å². The van der Waals surface area contributed by atoms with E-state index in [1.807, 2.05) is 0 Å². The van der Waals surface area contributed by atoms with E-state index in [2.05, 4.69) is 6.58 Å². The summed E-state index contributed by atoms with van der Waals surface area (Å²) in [5, 5.41) is 0.995. The Balaban J connectivity index is 3.02. The predicted octanol–water partition coefficient (Wildman–Crippen LogP) is 1.19. The Morgan fingerprint density at radius 1 is 1.53 bits per heavy atom. The van der Waals surface area contributed by atoms with Crippen LogP contribution in [0.5, 0.6) is 0 Å². The van der Waals surface area contributed by atoms with Crippen LogP contribution < -0.4 is 0 Å². The van der Waals surface area contributed by atoms with Gasteiger partial charge in [-0.1, -0.05) is 6.58 Å². The summed E-state index contributed by atoms with van der Waals surface area (Å²) in [7, 11) is 2.79. The molecule has 6 nitrogen and oxygen atoms in total. The van der Waals surface area contributed by atoms with Gasteiger partial charge in [-0.2, -0.15) is 0 Å². The summed E-state index contributed by atoms with van der Waals surface area (Å²) < 4.78 is 10.4. The molecule has 19 heavy (non-hydrogen) atoms. The van der Waals surface area contributed by atoms with E-state index in [0.29, 0.717) is 0 Å². The molecule has 1 heterocycles. The highest BCUT2D eigenvalue weighted by molar-refractivity contribution is 6.01. The van der Waals surface area contributed by atoms with Crippen LogP contribution in [-0.2, 0) is 23.9 Å². The van der Waals surface area contributed by atoms with Crippen molar-refractivity contribution < 1.29 is 23.9 Å². The number of carbonyl (C=O) groups excluding carboxylic acids is 2. The molecule has 0 fully saturated rings. The van der Waals surface area contributed by atoms with E-state index in [1.165, 1.54) is 14.2 Å². The van der Waals surface area contributed by atoms with Gasteiger partial charge in [0.1, 0.15) is 6.10 Å². The number of rotatable bonds is 5. The standard InChI is InChI=1S/C13H19NO5/c1-6-18-13(16)9-7-10(8(2)3)19-11(9)12(15)14(4)17-5/h10H,2,6-7H2,1,3-5H3. The third-order valence-electron chi connectivity index (χ3n) is 2.75. The Hall–Kier alpha value is -1.82. The van der Waals surface area contributed by atoms with Gasteiger partial charge in [-0.3, -0.25) is 9.63 Å². The van der Waals surface area contributed by atoms with Crippen LogP contribution in [0.3, 0.4) is 0 Å². The van der Waals surface area contributed by atoms with Crippen molar-refractivity contribution in [2.75, 3.05) is 20.8 Å². The molecule has 1 unspecified atom stereocenters. The number of ether oxygens (including phenoxy) is 2. The molecule has 0 aromatic carbocycles. The van der Waals surface area contributed by atoms with Gasteiger partial charge in [-0.15, -0.1) is 0 Å². The smallest absolute Gasteiger partial charge is 0.338 e. The fourth-order valence-corrected chi connectivity index (χ4v) is 1.61. The van der Waals surface area contributed by atoms with Crippen LogP contribution in [0.1, 0.15) is 20.3 Å². The van der Waals surface area contributed by atoms with E-state index < -0.39 is 11.9 Å². The number of hydrogen-bond donors (Lipinski definition) is 0. The lowest BCUT2D eigenvalue weighted by atomic mass is 10.1. The Bertz CT molecular complexity index is 427. The van der Waals surface area contributed by atoms with Crippen molar-refractivity contribution in [1.82, 2.24) is 5.06 Å². The van der Waals surface area contributed by atoms with Gasteiger partial charge < -0.3 is 9.47 Å². The summed E-state index contributed by atoms with van der Waals surface area (Å²) in [6.45, 7) is 7.49. The van der Waals surface area contributed by atoms with Crippen LogP contribution in [0, 0.1) is 0 Å². The van der Waals surface area contributed by atoms with Gasteiger partial charge in [0.05, 0.1) is 19.3 Å². The van der Waals surface area contributed by atoms with E-state index in [0.717, 1.165) is 10.6 Å². The summed E-state index contributed by atoms with van der Waals surface area (Å²) >= 11 is 0. The van der Waals surface area contributed by atoms with E-state index in [4.69, 9.17) is 14.3 Å². The number of nitrogens with zero attached hydrogens (tertiary/aromatic N) is 1. The quantitative estimate of drug-likeness (QED) is 0.426. The summed E-state index contributed by atoms with van der Waals surface area (Å²) in [5.74, 6) is -1.09. The first-order valence-electron chi connectivity index (χ1n) is 5.96. The van der Waals surface area contributed by atoms with Gasteiger partial charge in [0.15, 0.2) is 5.76 Å². The van der Waals surface area contributed by atoms with Crippen molar-refractivity contribution in [2.45, 2.75) is 26.4 Å². The first-order chi connectivity index (χ1) is 8.92. The van der Waals surface area contributed by atoms with Crippen molar-refractivity contribution >= 4 is 11.9 Å². The molecule has 0 bridgehead atoms. The van der Waals surface area contributed by atoms with Gasteiger partial charge in [0.2, 0.25) is 0 Å². The van der Waals surface area contributed by atoms with Crippen molar-refractivity contribution in [3.05, 3.63) is 23.5 Å². The summed E-state index contributed by atoms with van der Waals surface area (Å²) in [5.41, 5.74) is 0.966. The number of carbonyl (C=O) groups is 2. The van der Waals surface area contributed by atoms with E-state index in [1.54, 1.807) is 13.8 Å². The average molecular weight is 269 g/mol. The minimum atomic E-state index is -0.542. The molecule has 1 aliphatic rings. The second kappa shape index (κ2) is 6.38. The van der Waals surface area contributed by atoms with Gasteiger partial charge in [-0.05, 0) is 19.4 Å². The Labute approximate surface area is 112 Å². The van der Waals surface area contributed by atoms with E-state index in [9.17, 15) is 9.59 Å². The van der Waals surface area contributed by atoms with Crippen molar-refractivity contribution in [2.24, 2.45) is 0 Å². The van der Waals surface area contributed by atoms with Gasteiger partial charge in [0, 0.05) is 13.5 Å². The molecule has 0 aliphatic carbocycles. The lowest BCUT2D eigenvalue weighted by Crippen LogP contribution is -2.28. The number of amides is 1. The number of esters is 1. The maximum absolute atomic E-state index is 12.0. The van der Waals surface area contributed by atoms with Crippen LogP contribution in [0.15, 0.2) is 23.5 Å². The van der Waals surface area contributed by atoms with Gasteiger partial charge in [0.25, 0.3) is 0 Å². The monoisotopic (exact) mass is 269 g/mol. The third-order valence-corrected chi connectivity index (χ3v) is 2.75. The SMILES string of the molecule is C=C(C)C1CC(C(=O)OCC)=C(C(=O)N(C)OC)O1. The molecular formula is C13H19NO5. The van der Waals surface area contributed by atoms with Crippen LogP contribution in [0.4, 0.5) is 0 Å². The zero-order valence-corrected chi connectivity index (χ0v) is 11.7. The van der Waals surface area contributed by atoms with Crippen molar-refractivity contribution in [3.8, 4) is 0 Å². The number of hydrogen-bond acceptors (Lipinski definition) is 5. The molecule has 1 amide bonds. The summed E-state index contributed by atoms with van der Waals surface area (Å²) in [6.07, 6.45) is -0.101. The maximum Gasteiger partial charge on any atom is 0.338 e. The Morgan fingerprint density at radius 3 is 2.63 bits per heavy atom. The Morgan fingerprint density at radius 2 is 2.16 bits per heavy atom. The van der Waals surface area contributed by atoms with Gasteiger partial charge in [-0.25, -0.2) is 9.86 Å². The van der Waals surface area contributed by atoms with E-state index in [-0.39, 0.29) is 30.5 Å². The number of likely N-dealkylation sites (N-methyl/N-ethyl adjacent to an activating group) is 1. The molecule has 0 aromatic heterocycles. The van der Waals surface area contributed by atoms with Crippen LogP contribution in [-0.4, -0.2) is 43.8 Å². The maximum atomic E-state index is 12.0. The molecule has 0 radical (unpaired) electrons. The molecule has 0 saturated heterocycles. The van der Waals surface area contributed by atoms with Crippen LogP contribution in [0.2, 0.25) is 0 Å². The first-order valence-corrected chi connectivity index (χ1v) is 5.96. The molecule has 0 N–H and O–H groups in total. The average Bonchev–Trinajstić information content (AvgIpc) is 2.82. The highest BCUT2D eigenvalue weighted by atomic mass is 16.7. The predicted molar refractivity (Wildman–Crippen MR) is 67.7 cm³/mol. The zero-order valence-electron chi connectivity index (χ0n) is 11.7. The fraction of sp³-hybridized carbons (Fsp3) is 0.538. The van der Waals surface area contributed by atoms with Crippen LogP contribution >= 0.6 is 0 Å². The normalized spacial score (nSPS) is 18.0. The first kappa shape index (κ1) is 15.2. The topological polar surface area (TPSA) is 65.1 Å². The molecule has 0 spiro atoms. The number of hydroxylamine groups is 2. The molecule has 0 saturated carbocycles. The molecule has 106 valence electrons. The molecule has 0 aromatic rings. The highest BCUT2D eigenvalue weighted by Gasteiger charge is 2.36. The lowest BCUT2D eigenvalue weighted by molar-refractivity contribution is -0.168. The lowest BCUT2D eigenvalue weighted by Gasteiger charge is -2.16. The zero-order chi connectivity index (χ0) is 14.6. The minimum Gasteiger partial charge on any atom is -0.479 e. The molecule has 1 atom stereocenters.